The molecule has 1 aliphatic heterocycles. The number of anilines is 1. The van der Waals surface area contributed by atoms with Crippen molar-refractivity contribution in [2.45, 2.75) is 19.1 Å². The molecule has 0 unspecified atom stereocenters. The van der Waals surface area contributed by atoms with Gasteiger partial charge in [-0.15, -0.1) is 0 Å². The number of rotatable bonds is 1. The monoisotopic (exact) mass is 358 g/mol. The highest BCUT2D eigenvalue weighted by molar-refractivity contribution is 7.22. The van der Waals surface area contributed by atoms with Crippen LogP contribution in [0.5, 0.6) is 0 Å². The molecule has 4 nitrogen and oxygen atoms in total. The first-order valence-electron chi connectivity index (χ1n) is 6.86. The maximum absolute atomic E-state index is 13.0. The molecule has 0 aliphatic carbocycles. The number of hydrogen-bond donors (Lipinski definition) is 1. The van der Waals surface area contributed by atoms with E-state index in [0.29, 0.717) is 28.8 Å². The highest BCUT2D eigenvalue weighted by Gasteiger charge is 2.39. The van der Waals surface area contributed by atoms with Crippen molar-refractivity contribution in [1.82, 2.24) is 15.2 Å². The van der Waals surface area contributed by atoms with Crippen LogP contribution in [0.4, 0.5) is 18.3 Å². The van der Waals surface area contributed by atoms with Crippen LogP contribution in [0.25, 0.3) is 10.2 Å². The molecule has 4 rings (SSSR count). The van der Waals surface area contributed by atoms with E-state index in [1.54, 1.807) is 12.1 Å². The summed E-state index contributed by atoms with van der Waals surface area (Å²) in [6.45, 7) is 0.744. The second kappa shape index (κ2) is 5.10. The third-order valence-corrected chi connectivity index (χ3v) is 5.14. The second-order valence-corrected chi connectivity index (χ2v) is 6.75. The van der Waals surface area contributed by atoms with Gasteiger partial charge in [0.15, 0.2) is 10.8 Å². The second-order valence-electron chi connectivity index (χ2n) is 5.31. The summed E-state index contributed by atoms with van der Waals surface area (Å²) in [5.74, 6) is 0. The first kappa shape index (κ1) is 14.8. The van der Waals surface area contributed by atoms with E-state index in [1.807, 2.05) is 11.0 Å². The van der Waals surface area contributed by atoms with Crippen molar-refractivity contribution in [2.75, 3.05) is 11.4 Å². The Hall–Kier alpha value is -1.80. The number of H-pyrrole nitrogens is 1. The predicted molar refractivity (Wildman–Crippen MR) is 83.0 cm³/mol. The van der Waals surface area contributed by atoms with Crippen LogP contribution in [-0.4, -0.2) is 21.7 Å². The topological polar surface area (TPSA) is 44.8 Å². The van der Waals surface area contributed by atoms with Crippen LogP contribution in [0.1, 0.15) is 17.0 Å². The molecule has 2 aromatic heterocycles. The number of nitrogens with one attached hydrogen (secondary N) is 1. The molecule has 3 aromatic rings. The fourth-order valence-corrected chi connectivity index (χ4v) is 3.85. The van der Waals surface area contributed by atoms with Gasteiger partial charge in [0.1, 0.15) is 0 Å². The highest BCUT2D eigenvalue weighted by atomic mass is 35.5. The normalized spacial score (nSPS) is 15.2. The first-order valence-corrected chi connectivity index (χ1v) is 8.05. The zero-order valence-electron chi connectivity index (χ0n) is 11.6. The Balaban J connectivity index is 1.70. The van der Waals surface area contributed by atoms with Gasteiger partial charge in [0, 0.05) is 35.8 Å². The third kappa shape index (κ3) is 2.55. The smallest absolute Gasteiger partial charge is 0.343 e. The molecule has 0 bridgehead atoms. The molecule has 0 fully saturated rings. The van der Waals surface area contributed by atoms with E-state index in [0.717, 1.165) is 10.2 Å². The van der Waals surface area contributed by atoms with E-state index >= 15 is 0 Å². The van der Waals surface area contributed by atoms with Crippen molar-refractivity contribution in [3.63, 3.8) is 0 Å². The number of thiazole rings is 1. The minimum atomic E-state index is -4.45. The summed E-state index contributed by atoms with van der Waals surface area (Å²) in [6, 6.07) is 5.40. The molecule has 0 amide bonds. The molecular weight excluding hydrogens is 349 g/mol. The Kier molecular flexibility index (Phi) is 3.28. The van der Waals surface area contributed by atoms with Crippen LogP contribution in [0.15, 0.2) is 18.2 Å². The number of aromatic nitrogens is 3. The van der Waals surface area contributed by atoms with E-state index in [-0.39, 0.29) is 12.1 Å². The van der Waals surface area contributed by atoms with Crippen LogP contribution in [-0.2, 0) is 19.1 Å². The van der Waals surface area contributed by atoms with Crippen LogP contribution >= 0.6 is 22.9 Å². The van der Waals surface area contributed by atoms with Crippen molar-refractivity contribution in [2.24, 2.45) is 0 Å². The SMILES string of the molecule is FC(F)(F)c1n[nH]c2c1CN(c1nc3cc(Cl)ccc3s1)CC2. The van der Waals surface area contributed by atoms with Crippen molar-refractivity contribution in [3.05, 3.63) is 40.2 Å². The quantitative estimate of drug-likeness (QED) is 0.707. The minimum absolute atomic E-state index is 0.147. The molecule has 0 saturated heterocycles. The summed E-state index contributed by atoms with van der Waals surface area (Å²) in [5.41, 5.74) is 0.687. The van der Waals surface area contributed by atoms with Gasteiger partial charge in [-0.3, -0.25) is 5.10 Å². The maximum Gasteiger partial charge on any atom is 0.435 e. The summed E-state index contributed by atoms with van der Waals surface area (Å²) in [5, 5.41) is 7.23. The number of halogens is 4. The van der Waals surface area contributed by atoms with Gasteiger partial charge in [-0.2, -0.15) is 18.3 Å². The summed E-state index contributed by atoms with van der Waals surface area (Å²) in [7, 11) is 0. The van der Waals surface area contributed by atoms with Crippen molar-refractivity contribution in [3.8, 4) is 0 Å². The summed E-state index contributed by atoms with van der Waals surface area (Å²) >= 11 is 7.40. The Bertz CT molecular complexity index is 886. The summed E-state index contributed by atoms with van der Waals surface area (Å²) in [6.07, 6.45) is -3.97. The summed E-state index contributed by atoms with van der Waals surface area (Å²) < 4.78 is 40.0. The molecule has 0 atom stereocenters. The molecule has 1 N–H and O–H groups in total. The molecule has 1 aromatic carbocycles. The Morgan fingerprint density at radius 3 is 2.91 bits per heavy atom. The third-order valence-electron chi connectivity index (χ3n) is 3.81. The Morgan fingerprint density at radius 1 is 1.30 bits per heavy atom. The largest absolute Gasteiger partial charge is 0.435 e. The van der Waals surface area contributed by atoms with Gasteiger partial charge in [-0.25, -0.2) is 4.98 Å². The zero-order chi connectivity index (χ0) is 16.2. The fraction of sp³-hybridized carbons (Fsp3) is 0.286. The lowest BCUT2D eigenvalue weighted by atomic mass is 10.1. The molecule has 1 aliphatic rings. The molecule has 3 heterocycles. The molecule has 23 heavy (non-hydrogen) atoms. The lowest BCUT2D eigenvalue weighted by molar-refractivity contribution is -0.141. The lowest BCUT2D eigenvalue weighted by Gasteiger charge is -2.26. The van der Waals surface area contributed by atoms with Gasteiger partial charge in [-0.1, -0.05) is 22.9 Å². The molecule has 0 radical (unpaired) electrons. The van der Waals surface area contributed by atoms with Gasteiger partial charge in [0.2, 0.25) is 0 Å². The average Bonchev–Trinajstić information content (AvgIpc) is 3.08. The van der Waals surface area contributed by atoms with Crippen LogP contribution in [0.2, 0.25) is 5.02 Å². The number of benzene rings is 1. The molecule has 0 saturated carbocycles. The predicted octanol–water partition coefficient (Wildman–Crippen LogP) is 4.25. The standard InChI is InChI=1S/C14H10ClF3N4S/c15-7-1-2-11-10(5-7)19-13(23-11)22-4-3-9-8(6-22)12(21-20-9)14(16,17)18/h1-2,5H,3-4,6H2,(H,20,21). The van der Waals surface area contributed by atoms with E-state index in [1.165, 1.54) is 11.3 Å². The van der Waals surface area contributed by atoms with Gasteiger partial charge >= 0.3 is 6.18 Å². The molecule has 0 spiro atoms. The maximum atomic E-state index is 13.0. The number of fused-ring (bicyclic) bond motifs is 2. The number of alkyl halides is 3. The average molecular weight is 359 g/mol. The lowest BCUT2D eigenvalue weighted by Crippen LogP contribution is -2.31. The zero-order valence-corrected chi connectivity index (χ0v) is 13.2. The number of hydrogen-bond acceptors (Lipinski definition) is 4. The van der Waals surface area contributed by atoms with Crippen LogP contribution in [0.3, 0.4) is 0 Å². The van der Waals surface area contributed by atoms with Crippen molar-refractivity contribution >= 4 is 38.3 Å². The van der Waals surface area contributed by atoms with Crippen molar-refractivity contribution < 1.29 is 13.2 Å². The van der Waals surface area contributed by atoms with Crippen LogP contribution in [0, 0.1) is 0 Å². The summed E-state index contributed by atoms with van der Waals surface area (Å²) in [4.78, 5) is 6.35. The van der Waals surface area contributed by atoms with E-state index in [4.69, 9.17) is 11.6 Å². The van der Waals surface area contributed by atoms with Gasteiger partial charge < -0.3 is 4.90 Å². The van der Waals surface area contributed by atoms with E-state index in [2.05, 4.69) is 15.2 Å². The highest BCUT2D eigenvalue weighted by Crippen LogP contribution is 2.37. The fourth-order valence-electron chi connectivity index (χ4n) is 2.72. The van der Waals surface area contributed by atoms with Crippen molar-refractivity contribution in [1.29, 1.82) is 0 Å². The van der Waals surface area contributed by atoms with E-state index < -0.39 is 11.9 Å². The first-order chi connectivity index (χ1) is 10.9. The number of nitrogens with zero attached hydrogens (tertiary/aromatic N) is 3. The molecular formula is C14H10ClF3N4S. The van der Waals surface area contributed by atoms with Gasteiger partial charge in [0.05, 0.1) is 10.2 Å². The van der Waals surface area contributed by atoms with Gasteiger partial charge in [-0.05, 0) is 18.2 Å². The van der Waals surface area contributed by atoms with Crippen LogP contribution < -0.4 is 4.90 Å². The Morgan fingerprint density at radius 2 is 2.13 bits per heavy atom. The van der Waals surface area contributed by atoms with Gasteiger partial charge in [0.25, 0.3) is 0 Å². The Labute approximate surface area is 137 Å². The minimum Gasteiger partial charge on any atom is -0.343 e. The molecule has 9 heteroatoms. The van der Waals surface area contributed by atoms with E-state index in [9.17, 15) is 13.2 Å². The molecule has 120 valence electrons. The number of aromatic amines is 1.